The minimum Gasteiger partial charge on any atom is -0.369 e. The van der Waals surface area contributed by atoms with Crippen molar-refractivity contribution >= 4 is 26.9 Å². The Morgan fingerprint density at radius 1 is 1.50 bits per heavy atom. The number of hydrogen-bond acceptors (Lipinski definition) is 5. The van der Waals surface area contributed by atoms with Crippen LogP contribution in [0.2, 0.25) is 0 Å². The second-order valence-corrected chi connectivity index (χ2v) is 6.96. The van der Waals surface area contributed by atoms with Crippen LogP contribution in [-0.4, -0.2) is 34.0 Å². The van der Waals surface area contributed by atoms with Crippen LogP contribution in [0.25, 0.3) is 11.2 Å². The van der Waals surface area contributed by atoms with E-state index < -0.39 is 9.84 Å². The quantitative estimate of drug-likeness (QED) is 0.859. The van der Waals surface area contributed by atoms with Crippen molar-refractivity contribution in [3.8, 4) is 0 Å². The molecule has 2 N–H and O–H groups in total. The van der Waals surface area contributed by atoms with Crippen LogP contribution < -0.4 is 5.73 Å². The maximum atomic E-state index is 11.8. The Hall–Kier alpha value is -1.63. The highest BCUT2D eigenvalue weighted by Gasteiger charge is 2.32. The smallest absolute Gasteiger partial charge is 0.202 e. The zero-order valence-electron chi connectivity index (χ0n) is 9.78. The summed E-state index contributed by atoms with van der Waals surface area (Å²) in [6.45, 7) is 0.349. The van der Waals surface area contributed by atoms with Crippen LogP contribution in [0, 0.1) is 0 Å². The fourth-order valence-electron chi connectivity index (χ4n) is 2.42. The van der Waals surface area contributed by atoms with Crippen LogP contribution in [0.4, 0.5) is 5.95 Å². The summed E-state index contributed by atoms with van der Waals surface area (Å²) < 4.78 is 25.4. The minimum atomic E-state index is -2.98. The molecule has 0 radical (unpaired) electrons. The van der Waals surface area contributed by atoms with E-state index in [1.165, 1.54) is 0 Å². The number of pyridine rings is 1. The fraction of sp³-hybridized carbons (Fsp3) is 0.455. The van der Waals surface area contributed by atoms with E-state index in [1.807, 2.05) is 6.07 Å². The molecule has 0 bridgehead atoms. The van der Waals surface area contributed by atoms with Crippen molar-refractivity contribution in [1.29, 1.82) is 0 Å². The maximum absolute atomic E-state index is 11.8. The van der Waals surface area contributed by atoms with Crippen LogP contribution in [0.15, 0.2) is 18.3 Å². The molecular formula is C11H14N4O2S. The van der Waals surface area contributed by atoms with Gasteiger partial charge in [0.2, 0.25) is 5.95 Å². The molecule has 1 unspecified atom stereocenters. The van der Waals surface area contributed by atoms with E-state index in [9.17, 15) is 8.42 Å². The first-order valence-electron chi connectivity index (χ1n) is 5.86. The van der Waals surface area contributed by atoms with Crippen LogP contribution in [0.5, 0.6) is 0 Å². The van der Waals surface area contributed by atoms with E-state index in [-0.39, 0.29) is 11.0 Å². The molecule has 2 aromatic heterocycles. The lowest BCUT2D eigenvalue weighted by molar-refractivity contribution is 0.570. The number of sulfone groups is 1. The summed E-state index contributed by atoms with van der Waals surface area (Å²) in [5.74, 6) is 0.600. The lowest BCUT2D eigenvalue weighted by Crippen LogP contribution is -2.23. The van der Waals surface area contributed by atoms with Gasteiger partial charge in [0, 0.05) is 12.7 Å². The maximum Gasteiger partial charge on any atom is 0.202 e. The van der Waals surface area contributed by atoms with Crippen LogP contribution in [0.1, 0.15) is 12.8 Å². The second kappa shape index (κ2) is 3.94. The third kappa shape index (κ3) is 1.74. The van der Waals surface area contributed by atoms with Crippen LogP contribution in [-0.2, 0) is 16.4 Å². The molecule has 3 rings (SSSR count). The van der Waals surface area contributed by atoms with Crippen LogP contribution in [0.3, 0.4) is 0 Å². The largest absolute Gasteiger partial charge is 0.369 e. The number of nitrogen functional groups attached to an aromatic ring is 1. The van der Waals surface area contributed by atoms with Crippen molar-refractivity contribution in [3.63, 3.8) is 0 Å². The number of rotatable bonds is 2. The highest BCUT2D eigenvalue weighted by atomic mass is 32.2. The first-order chi connectivity index (χ1) is 8.58. The number of nitrogens with two attached hydrogens (primary N) is 1. The molecular weight excluding hydrogens is 252 g/mol. The Morgan fingerprint density at radius 3 is 3.06 bits per heavy atom. The van der Waals surface area contributed by atoms with Gasteiger partial charge in [-0.15, -0.1) is 0 Å². The number of aromatic nitrogens is 3. The van der Waals surface area contributed by atoms with Gasteiger partial charge in [0.25, 0.3) is 0 Å². The average Bonchev–Trinajstić information content (AvgIpc) is 2.81. The average molecular weight is 266 g/mol. The molecule has 7 heteroatoms. The first-order valence-corrected chi connectivity index (χ1v) is 7.58. The Balaban J connectivity index is 2.03. The Bertz CT molecular complexity index is 692. The van der Waals surface area contributed by atoms with Gasteiger partial charge in [-0.2, -0.15) is 0 Å². The molecule has 96 valence electrons. The van der Waals surface area contributed by atoms with Crippen molar-refractivity contribution < 1.29 is 8.42 Å². The monoisotopic (exact) mass is 266 g/mol. The summed E-state index contributed by atoms with van der Waals surface area (Å²) in [4.78, 5) is 8.40. The molecule has 6 nitrogen and oxygen atoms in total. The van der Waals surface area contributed by atoms with Gasteiger partial charge < -0.3 is 5.73 Å². The number of imidazole rings is 1. The van der Waals surface area contributed by atoms with Crippen molar-refractivity contribution in [2.24, 2.45) is 0 Å². The van der Waals surface area contributed by atoms with E-state index in [1.54, 1.807) is 16.8 Å². The molecule has 1 fully saturated rings. The van der Waals surface area contributed by atoms with Gasteiger partial charge in [-0.25, -0.2) is 18.4 Å². The van der Waals surface area contributed by atoms with Gasteiger partial charge in [0.05, 0.1) is 11.0 Å². The summed E-state index contributed by atoms with van der Waals surface area (Å²) in [6.07, 6.45) is 3.07. The molecule has 1 aliphatic heterocycles. The zero-order chi connectivity index (χ0) is 12.8. The van der Waals surface area contributed by atoms with Crippen molar-refractivity contribution in [2.45, 2.75) is 24.6 Å². The lowest BCUT2D eigenvalue weighted by atomic mass is 10.2. The van der Waals surface area contributed by atoms with Crippen molar-refractivity contribution in [1.82, 2.24) is 14.5 Å². The van der Waals surface area contributed by atoms with Gasteiger partial charge >= 0.3 is 0 Å². The fourth-order valence-corrected chi connectivity index (χ4v) is 4.23. The van der Waals surface area contributed by atoms with E-state index in [0.29, 0.717) is 30.1 Å². The number of nitrogens with zero attached hydrogens (tertiary/aromatic N) is 3. The second-order valence-electron chi connectivity index (χ2n) is 4.56. The van der Waals surface area contributed by atoms with Gasteiger partial charge in [-0.3, -0.25) is 4.57 Å². The first kappa shape index (κ1) is 11.5. The molecule has 0 aliphatic carbocycles. The van der Waals surface area contributed by atoms with Gasteiger partial charge in [-0.1, -0.05) is 0 Å². The molecule has 1 saturated heterocycles. The molecule has 2 aromatic rings. The van der Waals surface area contributed by atoms with E-state index in [2.05, 4.69) is 9.97 Å². The summed E-state index contributed by atoms with van der Waals surface area (Å²) in [5, 5.41) is -0.362. The summed E-state index contributed by atoms with van der Waals surface area (Å²) >= 11 is 0. The number of hydrogen-bond donors (Lipinski definition) is 1. The molecule has 1 atom stereocenters. The van der Waals surface area contributed by atoms with E-state index in [0.717, 1.165) is 6.42 Å². The Kier molecular flexibility index (Phi) is 2.51. The van der Waals surface area contributed by atoms with Crippen molar-refractivity contribution in [2.75, 3.05) is 11.5 Å². The molecule has 3 heterocycles. The van der Waals surface area contributed by atoms with Crippen LogP contribution >= 0.6 is 0 Å². The molecule has 0 aromatic carbocycles. The van der Waals surface area contributed by atoms with E-state index in [4.69, 9.17) is 5.73 Å². The molecule has 1 aliphatic rings. The number of fused-ring (bicyclic) bond motifs is 1. The normalized spacial score (nSPS) is 22.6. The minimum absolute atomic E-state index is 0.275. The third-order valence-electron chi connectivity index (χ3n) is 3.38. The summed E-state index contributed by atoms with van der Waals surface area (Å²) in [5.41, 5.74) is 7.19. The predicted molar refractivity (Wildman–Crippen MR) is 68.7 cm³/mol. The number of anilines is 1. The third-order valence-corrected chi connectivity index (χ3v) is 5.64. The van der Waals surface area contributed by atoms with Gasteiger partial charge in [-0.05, 0) is 25.0 Å². The molecule has 0 saturated carbocycles. The predicted octanol–water partition coefficient (Wildman–Crippen LogP) is 0.591. The van der Waals surface area contributed by atoms with Gasteiger partial charge in [0.15, 0.2) is 15.5 Å². The van der Waals surface area contributed by atoms with Gasteiger partial charge in [0.1, 0.15) is 5.52 Å². The highest BCUT2D eigenvalue weighted by molar-refractivity contribution is 7.92. The molecule has 0 spiro atoms. The van der Waals surface area contributed by atoms with Crippen molar-refractivity contribution in [3.05, 3.63) is 18.3 Å². The standard InChI is InChI=1S/C11H14N4O2S/c12-11-14-9-4-1-5-13-10(9)15(11)7-8-3-2-6-18(8,16)17/h1,4-5,8H,2-3,6-7H2,(H2,12,14). The summed E-state index contributed by atoms with van der Waals surface area (Å²) in [7, 11) is -2.98. The lowest BCUT2D eigenvalue weighted by Gasteiger charge is -2.11. The zero-order valence-corrected chi connectivity index (χ0v) is 10.6. The molecule has 0 amide bonds. The molecule has 18 heavy (non-hydrogen) atoms. The highest BCUT2D eigenvalue weighted by Crippen LogP contribution is 2.24. The summed E-state index contributed by atoms with van der Waals surface area (Å²) in [6, 6.07) is 3.60. The Labute approximate surface area is 105 Å². The SMILES string of the molecule is Nc1nc2cccnc2n1CC1CCCS1(=O)=O. The van der Waals surface area contributed by atoms with E-state index >= 15 is 0 Å². The Morgan fingerprint density at radius 2 is 2.33 bits per heavy atom. The topological polar surface area (TPSA) is 90.9 Å².